The van der Waals surface area contributed by atoms with E-state index in [2.05, 4.69) is 4.98 Å². The molecule has 0 radical (unpaired) electrons. The molecule has 0 bridgehead atoms. The van der Waals surface area contributed by atoms with E-state index in [1.54, 1.807) is 12.4 Å². The van der Waals surface area contributed by atoms with Crippen molar-refractivity contribution >= 4 is 0 Å². The van der Waals surface area contributed by atoms with Gasteiger partial charge in [-0.25, -0.2) is 0 Å². The maximum absolute atomic E-state index is 5.45. The molecule has 0 aromatic carbocycles. The zero-order valence-electron chi connectivity index (χ0n) is 7.45. The summed E-state index contributed by atoms with van der Waals surface area (Å²) < 4.78 is 5.44. The van der Waals surface area contributed by atoms with Gasteiger partial charge in [0.2, 0.25) is 0 Å². The van der Waals surface area contributed by atoms with Crippen LogP contribution in [0.1, 0.15) is 19.4 Å². The molecule has 0 aliphatic heterocycles. The first-order valence-electron chi connectivity index (χ1n) is 4.03. The number of nitrogens with two attached hydrogens (primary N) is 1. The molecule has 0 amide bonds. The molecule has 0 saturated carbocycles. The molecule has 0 spiro atoms. The summed E-state index contributed by atoms with van der Waals surface area (Å²) in [7, 11) is 0. The Hall–Kier alpha value is -1.09. The molecule has 0 aliphatic rings. The van der Waals surface area contributed by atoms with E-state index in [0.717, 1.165) is 11.3 Å². The number of nitrogens with zero attached hydrogens (tertiary/aromatic N) is 1. The number of aromatic nitrogens is 1. The van der Waals surface area contributed by atoms with Crippen LogP contribution >= 0.6 is 0 Å². The Labute approximate surface area is 72.6 Å². The fourth-order valence-corrected chi connectivity index (χ4v) is 0.912. The van der Waals surface area contributed by atoms with Crippen LogP contribution in [0.2, 0.25) is 0 Å². The van der Waals surface area contributed by atoms with Crippen molar-refractivity contribution in [2.75, 3.05) is 0 Å². The van der Waals surface area contributed by atoms with Crippen molar-refractivity contribution in [3.05, 3.63) is 24.0 Å². The molecule has 0 fully saturated rings. The van der Waals surface area contributed by atoms with Crippen molar-refractivity contribution < 1.29 is 4.74 Å². The summed E-state index contributed by atoms with van der Waals surface area (Å²) in [6.45, 7) is 4.46. The average Bonchev–Trinajstić information content (AvgIpc) is 2.03. The van der Waals surface area contributed by atoms with Crippen LogP contribution in [0, 0.1) is 0 Å². The van der Waals surface area contributed by atoms with Gasteiger partial charge in [0.25, 0.3) is 0 Å². The van der Waals surface area contributed by atoms with Crippen molar-refractivity contribution in [3.63, 3.8) is 0 Å². The molecule has 0 unspecified atom stereocenters. The van der Waals surface area contributed by atoms with Crippen molar-refractivity contribution in [1.82, 2.24) is 4.98 Å². The second-order valence-corrected chi connectivity index (χ2v) is 2.90. The Kier molecular flexibility index (Phi) is 3.05. The van der Waals surface area contributed by atoms with E-state index in [-0.39, 0.29) is 6.10 Å². The van der Waals surface area contributed by atoms with Crippen molar-refractivity contribution in [2.24, 2.45) is 5.73 Å². The quantitative estimate of drug-likeness (QED) is 0.736. The summed E-state index contributed by atoms with van der Waals surface area (Å²) in [6.07, 6.45) is 3.62. The Morgan fingerprint density at radius 1 is 1.50 bits per heavy atom. The van der Waals surface area contributed by atoms with Crippen molar-refractivity contribution in [1.29, 1.82) is 0 Å². The van der Waals surface area contributed by atoms with Gasteiger partial charge in [-0.15, -0.1) is 0 Å². The maximum Gasteiger partial charge on any atom is 0.138 e. The summed E-state index contributed by atoms with van der Waals surface area (Å²) >= 11 is 0. The summed E-state index contributed by atoms with van der Waals surface area (Å²) in [5.41, 5.74) is 6.45. The van der Waals surface area contributed by atoms with Crippen LogP contribution in [0.3, 0.4) is 0 Å². The fraction of sp³-hybridized carbons (Fsp3) is 0.444. The highest BCUT2D eigenvalue weighted by atomic mass is 16.5. The molecule has 3 heteroatoms. The highest BCUT2D eigenvalue weighted by Gasteiger charge is 1.98. The van der Waals surface area contributed by atoms with Gasteiger partial charge in [0.1, 0.15) is 5.75 Å². The van der Waals surface area contributed by atoms with Crippen LogP contribution in [0.4, 0.5) is 0 Å². The molecule has 0 atom stereocenters. The first-order valence-corrected chi connectivity index (χ1v) is 4.03. The van der Waals surface area contributed by atoms with Crippen LogP contribution < -0.4 is 10.5 Å². The van der Waals surface area contributed by atoms with Gasteiger partial charge in [0.15, 0.2) is 0 Å². The normalized spacial score (nSPS) is 10.3. The van der Waals surface area contributed by atoms with E-state index in [1.165, 1.54) is 0 Å². The molecule has 0 aliphatic carbocycles. The molecular weight excluding hydrogens is 152 g/mol. The zero-order valence-corrected chi connectivity index (χ0v) is 7.45. The van der Waals surface area contributed by atoms with E-state index in [1.807, 2.05) is 19.9 Å². The standard InChI is InChI=1S/C9H14N2O/c1-7(2)12-9-3-8(4-10)5-11-6-9/h3,5-7H,4,10H2,1-2H3. The van der Waals surface area contributed by atoms with Crippen LogP contribution in [0.5, 0.6) is 5.75 Å². The third-order valence-electron chi connectivity index (χ3n) is 1.38. The van der Waals surface area contributed by atoms with Gasteiger partial charge in [-0.2, -0.15) is 0 Å². The van der Waals surface area contributed by atoms with Gasteiger partial charge in [-0.1, -0.05) is 0 Å². The minimum atomic E-state index is 0.180. The average molecular weight is 166 g/mol. The van der Waals surface area contributed by atoms with Crippen molar-refractivity contribution in [3.8, 4) is 5.75 Å². The molecule has 2 N–H and O–H groups in total. The molecule has 1 aromatic heterocycles. The number of rotatable bonds is 3. The molecule has 0 saturated heterocycles. The second kappa shape index (κ2) is 4.07. The van der Waals surface area contributed by atoms with Gasteiger partial charge in [0, 0.05) is 12.7 Å². The minimum absolute atomic E-state index is 0.180. The molecule has 1 heterocycles. The highest BCUT2D eigenvalue weighted by molar-refractivity contribution is 5.23. The number of hydrogen-bond acceptors (Lipinski definition) is 3. The Morgan fingerprint density at radius 2 is 2.25 bits per heavy atom. The number of pyridine rings is 1. The van der Waals surface area contributed by atoms with Gasteiger partial charge < -0.3 is 10.5 Å². The van der Waals surface area contributed by atoms with E-state index < -0.39 is 0 Å². The first-order chi connectivity index (χ1) is 5.72. The Balaban J connectivity index is 2.72. The second-order valence-electron chi connectivity index (χ2n) is 2.90. The molecule has 1 rings (SSSR count). The van der Waals surface area contributed by atoms with Crippen LogP contribution in [-0.2, 0) is 6.54 Å². The lowest BCUT2D eigenvalue weighted by Crippen LogP contribution is -2.06. The third kappa shape index (κ3) is 2.51. The van der Waals surface area contributed by atoms with Crippen LogP contribution in [0.25, 0.3) is 0 Å². The largest absolute Gasteiger partial charge is 0.489 e. The lowest BCUT2D eigenvalue weighted by atomic mass is 10.3. The fourth-order valence-electron chi connectivity index (χ4n) is 0.912. The predicted octanol–water partition coefficient (Wildman–Crippen LogP) is 1.33. The van der Waals surface area contributed by atoms with Gasteiger partial charge >= 0.3 is 0 Å². The van der Waals surface area contributed by atoms with Crippen LogP contribution in [-0.4, -0.2) is 11.1 Å². The van der Waals surface area contributed by atoms with Crippen LogP contribution in [0.15, 0.2) is 18.5 Å². The zero-order chi connectivity index (χ0) is 8.97. The summed E-state index contributed by atoms with van der Waals surface area (Å²) in [4.78, 5) is 4.00. The minimum Gasteiger partial charge on any atom is -0.489 e. The number of hydrogen-bond donors (Lipinski definition) is 1. The monoisotopic (exact) mass is 166 g/mol. The summed E-state index contributed by atoms with van der Waals surface area (Å²) in [6, 6.07) is 1.91. The number of ether oxygens (including phenoxy) is 1. The summed E-state index contributed by atoms with van der Waals surface area (Å²) in [5.74, 6) is 0.785. The molecular formula is C9H14N2O. The van der Waals surface area contributed by atoms with Crippen molar-refractivity contribution in [2.45, 2.75) is 26.5 Å². The lowest BCUT2D eigenvalue weighted by molar-refractivity contribution is 0.241. The Bertz CT molecular complexity index is 248. The SMILES string of the molecule is CC(C)Oc1cncc(CN)c1. The van der Waals surface area contributed by atoms with Gasteiger partial charge in [0.05, 0.1) is 12.3 Å². The van der Waals surface area contributed by atoms with E-state index in [4.69, 9.17) is 10.5 Å². The highest BCUT2D eigenvalue weighted by Crippen LogP contribution is 2.12. The molecule has 12 heavy (non-hydrogen) atoms. The topological polar surface area (TPSA) is 48.1 Å². The predicted molar refractivity (Wildman–Crippen MR) is 47.9 cm³/mol. The smallest absolute Gasteiger partial charge is 0.138 e. The maximum atomic E-state index is 5.45. The van der Waals surface area contributed by atoms with Gasteiger partial charge in [-0.3, -0.25) is 4.98 Å². The third-order valence-corrected chi connectivity index (χ3v) is 1.38. The van der Waals surface area contributed by atoms with E-state index >= 15 is 0 Å². The lowest BCUT2D eigenvalue weighted by Gasteiger charge is -2.09. The molecule has 66 valence electrons. The molecule has 1 aromatic rings. The summed E-state index contributed by atoms with van der Waals surface area (Å²) in [5, 5.41) is 0. The van der Waals surface area contributed by atoms with Gasteiger partial charge in [-0.05, 0) is 25.5 Å². The van der Waals surface area contributed by atoms with E-state index in [0.29, 0.717) is 6.54 Å². The first kappa shape index (κ1) is 9.00. The Morgan fingerprint density at radius 3 is 2.83 bits per heavy atom. The molecule has 3 nitrogen and oxygen atoms in total. The van der Waals surface area contributed by atoms with E-state index in [9.17, 15) is 0 Å².